The Balaban J connectivity index is 1.55. The molecule has 0 radical (unpaired) electrons. The van der Waals surface area contributed by atoms with Crippen LogP contribution in [0.15, 0.2) is 54.6 Å². The number of amides is 1. The van der Waals surface area contributed by atoms with Crippen molar-refractivity contribution in [3.8, 4) is 0 Å². The summed E-state index contributed by atoms with van der Waals surface area (Å²) >= 11 is 0. The zero-order valence-electron chi connectivity index (χ0n) is 15.6. The van der Waals surface area contributed by atoms with Crippen molar-refractivity contribution in [2.75, 3.05) is 11.4 Å². The molecule has 1 aliphatic heterocycles. The van der Waals surface area contributed by atoms with Crippen LogP contribution in [0.4, 0.5) is 11.6 Å². The van der Waals surface area contributed by atoms with Gasteiger partial charge in [0.25, 0.3) is 5.91 Å². The lowest BCUT2D eigenvalue weighted by molar-refractivity contribution is 0.0945. The van der Waals surface area contributed by atoms with Crippen molar-refractivity contribution < 1.29 is 4.79 Å². The fourth-order valence-electron chi connectivity index (χ4n) is 3.43. The van der Waals surface area contributed by atoms with Crippen LogP contribution >= 0.6 is 0 Å². The first kappa shape index (κ1) is 17.2. The van der Waals surface area contributed by atoms with Gasteiger partial charge < -0.3 is 10.2 Å². The number of hydrogen-bond acceptors (Lipinski definition) is 4. The third-order valence-corrected chi connectivity index (χ3v) is 4.74. The van der Waals surface area contributed by atoms with Gasteiger partial charge in [-0.05, 0) is 43.5 Å². The van der Waals surface area contributed by atoms with Crippen LogP contribution in [-0.4, -0.2) is 22.4 Å². The molecule has 5 heteroatoms. The lowest BCUT2D eigenvalue weighted by atomic mass is 10.1. The number of carbonyl (C=O) groups excluding carboxylic acids is 1. The Bertz CT molecular complexity index is 999. The highest BCUT2D eigenvalue weighted by Crippen LogP contribution is 2.32. The summed E-state index contributed by atoms with van der Waals surface area (Å²) in [5, 5.41) is 2.96. The zero-order chi connectivity index (χ0) is 18.8. The molecule has 1 N–H and O–H groups in total. The maximum Gasteiger partial charge on any atom is 0.270 e. The Kier molecular flexibility index (Phi) is 4.59. The zero-order valence-corrected chi connectivity index (χ0v) is 15.6. The summed E-state index contributed by atoms with van der Waals surface area (Å²) < 4.78 is 0. The first-order valence-corrected chi connectivity index (χ1v) is 9.15. The molecule has 2 aromatic carbocycles. The van der Waals surface area contributed by atoms with Gasteiger partial charge >= 0.3 is 0 Å². The van der Waals surface area contributed by atoms with Gasteiger partial charge in [0.05, 0.1) is 0 Å². The van der Waals surface area contributed by atoms with Crippen molar-refractivity contribution in [3.63, 3.8) is 0 Å². The van der Waals surface area contributed by atoms with Crippen molar-refractivity contribution in [3.05, 3.63) is 82.7 Å². The number of aryl methyl sites for hydroxylation is 2. The highest BCUT2D eigenvalue weighted by Gasteiger charge is 2.23. The SMILES string of the molecule is Cc1cccc(CNC(=O)c2cc(C)nc(N3CCc4ccccc43)n2)c1. The highest BCUT2D eigenvalue weighted by molar-refractivity contribution is 5.92. The van der Waals surface area contributed by atoms with Crippen LogP contribution in [0.25, 0.3) is 0 Å². The van der Waals surface area contributed by atoms with E-state index in [4.69, 9.17) is 0 Å². The van der Waals surface area contributed by atoms with E-state index in [0.717, 1.165) is 29.9 Å². The summed E-state index contributed by atoms with van der Waals surface area (Å²) in [4.78, 5) is 23.8. The van der Waals surface area contributed by atoms with Gasteiger partial charge in [-0.15, -0.1) is 0 Å². The molecule has 0 aliphatic carbocycles. The second-order valence-electron chi connectivity index (χ2n) is 6.90. The summed E-state index contributed by atoms with van der Waals surface area (Å²) in [6, 6.07) is 18.1. The highest BCUT2D eigenvalue weighted by atomic mass is 16.1. The number of anilines is 2. The number of benzene rings is 2. The maximum absolute atomic E-state index is 12.6. The van der Waals surface area contributed by atoms with Crippen LogP contribution in [0.1, 0.15) is 32.9 Å². The number of nitrogens with one attached hydrogen (secondary N) is 1. The molecule has 0 unspecified atom stereocenters. The number of hydrogen-bond donors (Lipinski definition) is 1. The van der Waals surface area contributed by atoms with Gasteiger partial charge in [-0.3, -0.25) is 4.79 Å². The lowest BCUT2D eigenvalue weighted by Gasteiger charge is -2.18. The largest absolute Gasteiger partial charge is 0.347 e. The average molecular weight is 358 g/mol. The second kappa shape index (κ2) is 7.19. The predicted octanol–water partition coefficient (Wildman–Crippen LogP) is 3.72. The van der Waals surface area contributed by atoms with E-state index in [1.807, 2.05) is 44.2 Å². The van der Waals surface area contributed by atoms with E-state index in [1.54, 1.807) is 6.07 Å². The number of rotatable bonds is 4. The predicted molar refractivity (Wildman–Crippen MR) is 106 cm³/mol. The third kappa shape index (κ3) is 3.67. The molecule has 0 saturated carbocycles. The van der Waals surface area contributed by atoms with E-state index in [9.17, 15) is 4.79 Å². The summed E-state index contributed by atoms with van der Waals surface area (Å²) in [5.74, 6) is 0.399. The molecule has 2 heterocycles. The van der Waals surface area contributed by atoms with Crippen molar-refractivity contribution in [2.24, 2.45) is 0 Å². The van der Waals surface area contributed by atoms with Crippen LogP contribution in [-0.2, 0) is 13.0 Å². The third-order valence-electron chi connectivity index (χ3n) is 4.74. The van der Waals surface area contributed by atoms with Crippen molar-refractivity contribution in [1.29, 1.82) is 0 Å². The summed E-state index contributed by atoms with van der Waals surface area (Å²) in [6.07, 6.45) is 0.961. The molecule has 0 atom stereocenters. The van der Waals surface area contributed by atoms with Gasteiger partial charge in [0.15, 0.2) is 0 Å². The van der Waals surface area contributed by atoms with Crippen LogP contribution in [0, 0.1) is 13.8 Å². The Hall–Kier alpha value is -3.21. The number of nitrogens with zero attached hydrogens (tertiary/aromatic N) is 3. The molecule has 1 amide bonds. The smallest absolute Gasteiger partial charge is 0.270 e. The Morgan fingerprint density at radius 2 is 1.93 bits per heavy atom. The summed E-state index contributed by atoms with van der Waals surface area (Å²) in [5.41, 5.74) is 5.83. The number of aromatic nitrogens is 2. The van der Waals surface area contributed by atoms with Crippen molar-refractivity contribution >= 4 is 17.5 Å². The van der Waals surface area contributed by atoms with Gasteiger partial charge in [-0.25, -0.2) is 9.97 Å². The van der Waals surface area contributed by atoms with Gasteiger partial charge in [0, 0.05) is 24.5 Å². The van der Waals surface area contributed by atoms with Crippen LogP contribution in [0.2, 0.25) is 0 Å². The van der Waals surface area contributed by atoms with Crippen molar-refractivity contribution in [2.45, 2.75) is 26.8 Å². The van der Waals surface area contributed by atoms with E-state index in [0.29, 0.717) is 18.2 Å². The van der Waals surface area contributed by atoms with Crippen molar-refractivity contribution in [1.82, 2.24) is 15.3 Å². The average Bonchev–Trinajstić information content (AvgIpc) is 3.10. The maximum atomic E-state index is 12.6. The van der Waals surface area contributed by atoms with E-state index < -0.39 is 0 Å². The minimum absolute atomic E-state index is 0.185. The molecule has 0 spiro atoms. The molecule has 1 aliphatic rings. The quantitative estimate of drug-likeness (QED) is 0.772. The topological polar surface area (TPSA) is 58.1 Å². The van der Waals surface area contributed by atoms with Gasteiger partial charge in [-0.1, -0.05) is 48.0 Å². The number of carbonyl (C=O) groups is 1. The Labute approximate surface area is 159 Å². The first-order chi connectivity index (χ1) is 13.1. The summed E-state index contributed by atoms with van der Waals surface area (Å²) in [6.45, 7) is 5.24. The second-order valence-corrected chi connectivity index (χ2v) is 6.90. The Morgan fingerprint density at radius 3 is 2.78 bits per heavy atom. The number of fused-ring (bicyclic) bond motifs is 1. The number of para-hydroxylation sites is 1. The fourth-order valence-corrected chi connectivity index (χ4v) is 3.43. The summed E-state index contributed by atoms with van der Waals surface area (Å²) in [7, 11) is 0. The van der Waals surface area contributed by atoms with Gasteiger partial charge in [-0.2, -0.15) is 0 Å². The first-order valence-electron chi connectivity index (χ1n) is 9.15. The molecular formula is C22H22N4O. The molecule has 1 aromatic heterocycles. The lowest BCUT2D eigenvalue weighted by Crippen LogP contribution is -2.26. The molecule has 0 fully saturated rings. The van der Waals surface area contributed by atoms with E-state index in [-0.39, 0.29) is 5.91 Å². The van der Waals surface area contributed by atoms with Crippen LogP contribution < -0.4 is 10.2 Å². The Morgan fingerprint density at radius 1 is 1.07 bits per heavy atom. The monoisotopic (exact) mass is 358 g/mol. The molecule has 136 valence electrons. The minimum atomic E-state index is -0.185. The van der Waals surface area contributed by atoms with Gasteiger partial charge in [0.1, 0.15) is 5.69 Å². The standard InChI is InChI=1S/C22H22N4O/c1-15-6-5-7-17(12-15)14-23-21(27)19-13-16(2)24-22(25-19)26-11-10-18-8-3-4-9-20(18)26/h3-9,12-13H,10-11,14H2,1-2H3,(H,23,27). The van der Waals surface area contributed by atoms with E-state index in [1.165, 1.54) is 11.1 Å². The molecule has 0 bridgehead atoms. The van der Waals surface area contributed by atoms with Gasteiger partial charge in [0.2, 0.25) is 5.95 Å². The molecule has 5 nitrogen and oxygen atoms in total. The molecule has 0 saturated heterocycles. The molecule has 4 rings (SSSR count). The van der Waals surface area contributed by atoms with E-state index in [2.05, 4.69) is 38.4 Å². The fraction of sp³-hybridized carbons (Fsp3) is 0.227. The molecular weight excluding hydrogens is 336 g/mol. The minimum Gasteiger partial charge on any atom is -0.347 e. The molecule has 3 aromatic rings. The molecule has 27 heavy (non-hydrogen) atoms. The van der Waals surface area contributed by atoms with Crippen LogP contribution in [0.5, 0.6) is 0 Å². The van der Waals surface area contributed by atoms with E-state index >= 15 is 0 Å². The normalized spacial score (nSPS) is 12.7. The van der Waals surface area contributed by atoms with Crippen LogP contribution in [0.3, 0.4) is 0 Å².